The van der Waals surface area contributed by atoms with Gasteiger partial charge in [-0.25, -0.2) is 0 Å². The summed E-state index contributed by atoms with van der Waals surface area (Å²) >= 11 is 29.5. The lowest BCUT2D eigenvalue weighted by molar-refractivity contribution is -0.119. The van der Waals surface area contributed by atoms with E-state index in [2.05, 4.69) is 5.32 Å². The van der Waals surface area contributed by atoms with Gasteiger partial charge in [0.15, 0.2) is 4.84 Å². The van der Waals surface area contributed by atoms with Crippen molar-refractivity contribution in [3.05, 3.63) is 30.3 Å². The van der Waals surface area contributed by atoms with Gasteiger partial charge in [-0.15, -0.1) is 0 Å². The van der Waals surface area contributed by atoms with Gasteiger partial charge in [0.1, 0.15) is 5.37 Å². The first-order valence-corrected chi connectivity index (χ1v) is 7.56. The molecule has 1 aromatic rings. The van der Waals surface area contributed by atoms with Crippen molar-refractivity contribution in [2.24, 2.45) is 0 Å². The number of amides is 1. The highest BCUT2D eigenvalue weighted by Gasteiger charge is 2.35. The van der Waals surface area contributed by atoms with Crippen LogP contribution in [0.3, 0.4) is 0 Å². The van der Waals surface area contributed by atoms with Crippen molar-refractivity contribution in [3.63, 3.8) is 0 Å². The topological polar surface area (TPSA) is 29.1 Å². The quantitative estimate of drug-likeness (QED) is 0.486. The van der Waals surface area contributed by atoms with E-state index in [1.54, 1.807) is 0 Å². The van der Waals surface area contributed by atoms with Gasteiger partial charge in [-0.2, -0.15) is 0 Å². The average molecular weight is 368 g/mol. The van der Waals surface area contributed by atoms with Crippen LogP contribution in [0.5, 0.6) is 0 Å². The molecule has 1 amide bonds. The fourth-order valence-electron chi connectivity index (χ4n) is 1.01. The minimum absolute atomic E-state index is 0.613. The van der Waals surface area contributed by atoms with Crippen molar-refractivity contribution in [1.82, 2.24) is 5.32 Å². The van der Waals surface area contributed by atoms with Gasteiger partial charge in [0.25, 0.3) is 5.91 Å². The first kappa shape index (κ1) is 16.5. The van der Waals surface area contributed by atoms with Crippen LogP contribution >= 0.6 is 69.8 Å². The van der Waals surface area contributed by atoms with Gasteiger partial charge in [-0.1, -0.05) is 88.0 Å². The van der Waals surface area contributed by atoms with E-state index in [9.17, 15) is 4.79 Å². The molecule has 0 aliphatic rings. The smallest absolute Gasteiger partial charge is 0.254 e. The van der Waals surface area contributed by atoms with Crippen LogP contribution in [-0.4, -0.2) is 19.9 Å². The minimum atomic E-state index is -1.68. The molecule has 2 nitrogen and oxygen atoms in total. The molecule has 0 radical (unpaired) electrons. The molecular formula is C10H8Cl5NOS. The second kappa shape index (κ2) is 7.32. The van der Waals surface area contributed by atoms with Crippen molar-refractivity contribution in [1.29, 1.82) is 0 Å². The predicted octanol–water partition coefficient (Wildman–Crippen LogP) is 4.39. The number of halogens is 5. The summed E-state index contributed by atoms with van der Waals surface area (Å²) in [5.74, 6) is -0.613. The third-order valence-corrected chi connectivity index (χ3v) is 4.46. The van der Waals surface area contributed by atoms with Crippen molar-refractivity contribution < 1.29 is 4.79 Å². The fraction of sp³-hybridized carbons (Fsp3) is 0.300. The molecule has 0 aliphatic heterocycles. The zero-order valence-corrected chi connectivity index (χ0v) is 13.3. The number of carbonyl (C=O) groups excluding carboxylic acids is 1. The molecule has 1 N–H and O–H groups in total. The summed E-state index contributed by atoms with van der Waals surface area (Å²) < 4.78 is -1.68. The van der Waals surface area contributed by atoms with Crippen LogP contribution in [-0.2, 0) is 4.79 Å². The number of alkyl halides is 5. The van der Waals surface area contributed by atoms with E-state index in [1.807, 2.05) is 30.3 Å². The zero-order chi connectivity index (χ0) is 13.8. The van der Waals surface area contributed by atoms with E-state index in [1.165, 1.54) is 11.8 Å². The molecule has 0 saturated carbocycles. The summed E-state index contributed by atoms with van der Waals surface area (Å²) in [6.07, 6.45) is 0. The largest absolute Gasteiger partial charge is 0.337 e. The van der Waals surface area contributed by atoms with Crippen LogP contribution in [0.2, 0.25) is 0 Å². The Morgan fingerprint density at radius 2 is 1.72 bits per heavy atom. The molecule has 1 atom stereocenters. The molecule has 0 unspecified atom stereocenters. The highest BCUT2D eigenvalue weighted by atomic mass is 35.6. The van der Waals surface area contributed by atoms with Crippen LogP contribution in [0.1, 0.15) is 0 Å². The highest BCUT2D eigenvalue weighted by Crippen LogP contribution is 2.39. The third-order valence-electron chi connectivity index (χ3n) is 1.77. The molecule has 18 heavy (non-hydrogen) atoms. The van der Waals surface area contributed by atoms with Gasteiger partial charge >= 0.3 is 0 Å². The van der Waals surface area contributed by atoms with Gasteiger partial charge in [-0.05, 0) is 12.1 Å². The van der Waals surface area contributed by atoms with E-state index in [0.29, 0.717) is 0 Å². The van der Waals surface area contributed by atoms with E-state index >= 15 is 0 Å². The number of rotatable bonds is 4. The van der Waals surface area contributed by atoms with Crippen molar-refractivity contribution in [2.45, 2.75) is 18.9 Å². The Kier molecular flexibility index (Phi) is 6.73. The van der Waals surface area contributed by atoms with Gasteiger partial charge in [0.2, 0.25) is 3.79 Å². The molecule has 100 valence electrons. The number of hydrogen-bond acceptors (Lipinski definition) is 2. The van der Waals surface area contributed by atoms with E-state index in [4.69, 9.17) is 58.0 Å². The zero-order valence-electron chi connectivity index (χ0n) is 8.75. The normalized spacial score (nSPS) is 13.4. The van der Waals surface area contributed by atoms with Gasteiger partial charge in [-0.3, -0.25) is 4.79 Å². The molecule has 8 heteroatoms. The molecule has 1 aromatic carbocycles. The lowest BCUT2D eigenvalue weighted by atomic mass is 10.4. The molecule has 0 saturated heterocycles. The number of hydrogen-bond donors (Lipinski definition) is 1. The molecule has 0 spiro atoms. The second-order valence-electron chi connectivity index (χ2n) is 3.16. The molecule has 0 bridgehead atoms. The Morgan fingerprint density at radius 3 is 2.17 bits per heavy atom. The van der Waals surface area contributed by atoms with E-state index < -0.39 is 19.9 Å². The minimum Gasteiger partial charge on any atom is -0.337 e. The Labute approximate surface area is 134 Å². The highest BCUT2D eigenvalue weighted by molar-refractivity contribution is 8.00. The maximum Gasteiger partial charge on any atom is 0.254 e. The van der Waals surface area contributed by atoms with Gasteiger partial charge < -0.3 is 5.32 Å². The molecule has 1 rings (SSSR count). The van der Waals surface area contributed by atoms with Crippen molar-refractivity contribution in [2.75, 3.05) is 0 Å². The molecular weight excluding hydrogens is 359 g/mol. The summed E-state index contributed by atoms with van der Waals surface area (Å²) in [6.45, 7) is 0. The summed E-state index contributed by atoms with van der Waals surface area (Å²) in [5.41, 5.74) is 0. The van der Waals surface area contributed by atoms with E-state index in [0.717, 1.165) is 4.90 Å². The summed E-state index contributed by atoms with van der Waals surface area (Å²) in [4.78, 5) is 11.1. The first-order chi connectivity index (χ1) is 8.30. The molecule has 0 aromatic heterocycles. The van der Waals surface area contributed by atoms with Crippen LogP contribution in [0, 0.1) is 0 Å². The van der Waals surface area contributed by atoms with Crippen molar-refractivity contribution >= 4 is 75.7 Å². The fourth-order valence-corrected chi connectivity index (χ4v) is 2.59. The van der Waals surface area contributed by atoms with E-state index in [-0.39, 0.29) is 0 Å². The third kappa shape index (κ3) is 5.64. The Morgan fingerprint density at radius 1 is 1.17 bits per heavy atom. The molecule has 0 fully saturated rings. The lowest BCUT2D eigenvalue weighted by Crippen LogP contribution is -2.43. The molecule has 0 heterocycles. The predicted molar refractivity (Wildman–Crippen MR) is 80.0 cm³/mol. The SMILES string of the molecule is O=C(N[C@@H](Sc1ccccc1)C(Cl)(Cl)Cl)C(Cl)Cl. The lowest BCUT2D eigenvalue weighted by Gasteiger charge is -2.25. The number of benzene rings is 1. The van der Waals surface area contributed by atoms with Crippen LogP contribution < -0.4 is 5.32 Å². The maximum atomic E-state index is 11.4. The summed E-state index contributed by atoms with van der Waals surface area (Å²) in [6, 6.07) is 9.20. The average Bonchev–Trinajstić information content (AvgIpc) is 2.28. The number of thioether (sulfide) groups is 1. The molecule has 0 aliphatic carbocycles. The van der Waals surface area contributed by atoms with Gasteiger partial charge in [0, 0.05) is 4.90 Å². The second-order valence-corrected chi connectivity index (χ2v) is 7.81. The van der Waals surface area contributed by atoms with Gasteiger partial charge in [0.05, 0.1) is 0 Å². The van der Waals surface area contributed by atoms with Crippen molar-refractivity contribution in [3.8, 4) is 0 Å². The maximum absolute atomic E-state index is 11.4. The number of carbonyl (C=O) groups is 1. The Hall–Kier alpha value is 0.490. The standard InChI is InChI=1S/C10H8Cl5NOS/c11-7(12)8(17)16-9(10(13,14)15)18-6-4-2-1-3-5-6/h1-5,7,9H,(H,16,17)/t9-/m0/s1. The number of nitrogens with one attached hydrogen (secondary N) is 1. The van der Waals surface area contributed by atoms with Crippen LogP contribution in [0.15, 0.2) is 35.2 Å². The monoisotopic (exact) mass is 365 g/mol. The summed E-state index contributed by atoms with van der Waals surface area (Å²) in [7, 11) is 0. The summed E-state index contributed by atoms with van der Waals surface area (Å²) in [5, 5.41) is 1.68. The Bertz CT molecular complexity index is 395. The Balaban J connectivity index is 2.77. The van der Waals surface area contributed by atoms with Crippen LogP contribution in [0.25, 0.3) is 0 Å². The first-order valence-electron chi connectivity index (χ1n) is 4.67. The van der Waals surface area contributed by atoms with Crippen LogP contribution in [0.4, 0.5) is 0 Å².